The molecule has 0 spiro atoms. The van der Waals surface area contributed by atoms with Crippen LogP contribution in [0.1, 0.15) is 66.5 Å². The van der Waals surface area contributed by atoms with Crippen LogP contribution in [0.15, 0.2) is 23.1 Å². The van der Waals surface area contributed by atoms with Crippen molar-refractivity contribution in [1.82, 2.24) is 0 Å². The summed E-state index contributed by atoms with van der Waals surface area (Å²) >= 11 is 1.58. The Bertz CT molecular complexity index is 804. The van der Waals surface area contributed by atoms with Gasteiger partial charge in [-0.25, -0.2) is 0 Å². The average molecular weight is 551 g/mol. The number of fused-ring (bicyclic) bond motifs is 1. The molecule has 3 rings (SSSR count). The zero-order chi connectivity index (χ0) is 23.7. The molecule has 1 heterocycles. The van der Waals surface area contributed by atoms with Crippen molar-refractivity contribution in [3.05, 3.63) is 41.7 Å². The van der Waals surface area contributed by atoms with Gasteiger partial charge < -0.3 is 12.5 Å². The molecular weight excluding hydrogens is 507 g/mol. The van der Waals surface area contributed by atoms with Crippen molar-refractivity contribution in [2.45, 2.75) is 90.6 Å². The van der Waals surface area contributed by atoms with Crippen LogP contribution in [0.25, 0.3) is 0 Å². The fraction of sp³-hybridized carbons (Fsp3) is 0.654. The van der Waals surface area contributed by atoms with Gasteiger partial charge in [0.1, 0.15) is 5.75 Å². The van der Waals surface area contributed by atoms with Crippen LogP contribution in [0.5, 0.6) is 5.75 Å². The molecule has 1 N–H and O–H groups in total. The molecule has 182 valence electrons. The summed E-state index contributed by atoms with van der Waals surface area (Å²) in [5.41, 5.74) is 3.12. The van der Waals surface area contributed by atoms with E-state index < -0.39 is 25.1 Å². The van der Waals surface area contributed by atoms with Crippen LogP contribution >= 0.6 is 30.4 Å². The number of hydrogen-bond acceptors (Lipinski definition) is 2. The van der Waals surface area contributed by atoms with Crippen molar-refractivity contribution < 1.29 is 22.1 Å². The van der Waals surface area contributed by atoms with Gasteiger partial charge in [-0.1, -0.05) is 84.3 Å². The maximum atomic E-state index is 11.6. The summed E-state index contributed by atoms with van der Waals surface area (Å²) in [6, 6.07) is 7.00. The first kappa shape index (κ1) is 30.7. The third-order valence-corrected chi connectivity index (χ3v) is 15.8. The fourth-order valence-corrected chi connectivity index (χ4v) is 14.6. The zero-order valence-corrected chi connectivity index (χ0v) is 26.5. The molecule has 2 aliphatic rings. The summed E-state index contributed by atoms with van der Waals surface area (Å²) in [5, 5.41) is 13.6. The van der Waals surface area contributed by atoms with Gasteiger partial charge in [0, 0.05) is 5.25 Å². The van der Waals surface area contributed by atoms with Crippen LogP contribution in [0.3, 0.4) is 0 Å². The van der Waals surface area contributed by atoms with E-state index in [9.17, 15) is 5.11 Å². The first-order valence-electron chi connectivity index (χ1n) is 11.5. The molecule has 1 aliphatic heterocycles. The van der Waals surface area contributed by atoms with Crippen LogP contribution in [-0.2, 0) is 22.4 Å². The predicted molar refractivity (Wildman–Crippen MR) is 147 cm³/mol. The van der Waals surface area contributed by atoms with Crippen LogP contribution in [0.4, 0.5) is 0 Å². The van der Waals surface area contributed by atoms with E-state index >= 15 is 0 Å². The normalized spacial score (nSPS) is 27.1. The van der Waals surface area contributed by atoms with Crippen LogP contribution in [-0.4, -0.2) is 18.4 Å². The Balaban J connectivity index is 0.00000121. The summed E-state index contributed by atoms with van der Waals surface area (Å²) in [4.78, 5) is 1.51. The van der Waals surface area contributed by atoms with E-state index in [-0.39, 0.29) is 12.8 Å². The standard InChI is InChI=1S/C25H40OSSi.CH3.2ClH.Ti/c1-10-28(11-2,21-13-15(3)12-20(22(21)26)25(7,8)9)24-18(6)17(5)19-14-16(4)27-23(19)24;;;;/h12-14,17-19,23-24,26H,10-11H2,1-9H3;1H3;2*1H;/q;-1;;;+2/p-2. The Hall–Kier alpha value is 0.621. The molecule has 0 radical (unpaired) electrons. The van der Waals surface area contributed by atoms with Gasteiger partial charge in [-0.15, -0.1) is 11.8 Å². The number of hydrogen-bond donors (Lipinski definition) is 1. The molecule has 1 aromatic rings. The summed E-state index contributed by atoms with van der Waals surface area (Å²) in [6.07, 6.45) is 2.55. The molecule has 1 aliphatic carbocycles. The minimum absolute atomic E-state index is 0. The predicted octanol–water partition coefficient (Wildman–Crippen LogP) is 8.81. The third kappa shape index (κ3) is 5.71. The van der Waals surface area contributed by atoms with Gasteiger partial charge in [0.2, 0.25) is 0 Å². The Morgan fingerprint density at radius 1 is 1.06 bits per heavy atom. The number of phenols is 1. The van der Waals surface area contributed by atoms with Crippen LogP contribution < -0.4 is 5.19 Å². The monoisotopic (exact) mass is 549 g/mol. The van der Waals surface area contributed by atoms with E-state index in [4.69, 9.17) is 18.6 Å². The Labute approximate surface area is 220 Å². The van der Waals surface area contributed by atoms with E-state index in [0.29, 0.717) is 16.9 Å². The molecule has 32 heavy (non-hydrogen) atoms. The van der Waals surface area contributed by atoms with E-state index in [1.165, 1.54) is 27.7 Å². The number of aromatic hydroxyl groups is 1. The summed E-state index contributed by atoms with van der Waals surface area (Å²) in [6.45, 7) is 21.0. The number of allylic oxidation sites excluding steroid dienone is 2. The first-order chi connectivity index (χ1) is 14.4. The molecular formula is C26H43Cl2OSSiTi-. The molecule has 1 aromatic carbocycles. The van der Waals surface area contributed by atoms with Crippen molar-refractivity contribution in [3.63, 3.8) is 0 Å². The Morgan fingerprint density at radius 2 is 1.59 bits per heavy atom. The fourth-order valence-electron chi connectivity index (χ4n) is 6.27. The number of thioether (sulfide) groups is 1. The number of phenolic OH excluding ortho intramolecular Hbond substituents is 1. The Morgan fingerprint density at radius 3 is 2.06 bits per heavy atom. The average Bonchev–Trinajstić information content (AvgIpc) is 3.16. The van der Waals surface area contributed by atoms with Crippen molar-refractivity contribution >= 4 is 43.6 Å². The van der Waals surface area contributed by atoms with Crippen LogP contribution in [0, 0.1) is 32.1 Å². The summed E-state index contributed by atoms with van der Waals surface area (Å²) < 4.78 is 0. The van der Waals surface area contributed by atoms with Gasteiger partial charge in [-0.3, -0.25) is 0 Å². The van der Waals surface area contributed by atoms with Gasteiger partial charge in [0.05, 0.1) is 8.07 Å². The molecule has 1 saturated carbocycles. The molecule has 5 unspecified atom stereocenters. The molecule has 0 saturated heterocycles. The molecule has 0 amide bonds. The number of rotatable bonds is 4. The van der Waals surface area contributed by atoms with Gasteiger partial charge >= 0.3 is 35.6 Å². The molecule has 0 bridgehead atoms. The zero-order valence-electron chi connectivity index (χ0n) is 21.6. The van der Waals surface area contributed by atoms with Gasteiger partial charge in [-0.05, 0) is 58.2 Å². The van der Waals surface area contributed by atoms with Gasteiger partial charge in [0.25, 0.3) is 0 Å². The molecule has 0 aromatic heterocycles. The third-order valence-electron chi connectivity index (χ3n) is 7.98. The van der Waals surface area contributed by atoms with E-state index in [0.717, 1.165) is 22.9 Å². The second-order valence-electron chi connectivity index (χ2n) is 10.6. The molecule has 6 heteroatoms. The molecule has 1 nitrogen and oxygen atoms in total. The number of benzene rings is 1. The SMILES string of the molecule is CC[Si](CC)(c1cc(C)cc(C(C)(C)C)c1O)C1C(C)C(C)C2C=C(C)SC21.[CH3-].[Cl][Ti][Cl]. The minimum atomic E-state index is -1.90. The molecule has 5 atom stereocenters. The second-order valence-corrected chi connectivity index (χ2v) is 19.5. The molecule has 1 fully saturated rings. The summed E-state index contributed by atoms with van der Waals surface area (Å²) in [5.74, 6) is 2.78. The number of aryl methyl sites for hydroxylation is 1. The summed E-state index contributed by atoms with van der Waals surface area (Å²) in [7, 11) is 7.88. The van der Waals surface area contributed by atoms with Crippen molar-refractivity contribution in [3.8, 4) is 5.75 Å². The number of halogens is 2. The van der Waals surface area contributed by atoms with Crippen molar-refractivity contribution in [2.24, 2.45) is 17.8 Å². The van der Waals surface area contributed by atoms with E-state index in [1.54, 1.807) is 0 Å². The Kier molecular flexibility index (Phi) is 11.5. The van der Waals surface area contributed by atoms with Crippen molar-refractivity contribution in [2.75, 3.05) is 0 Å². The maximum absolute atomic E-state index is 11.6. The van der Waals surface area contributed by atoms with Gasteiger partial charge in [-0.2, -0.15) is 0 Å². The van der Waals surface area contributed by atoms with E-state index in [2.05, 4.69) is 92.3 Å². The first-order valence-corrected chi connectivity index (χ1v) is 19.2. The van der Waals surface area contributed by atoms with Crippen molar-refractivity contribution in [1.29, 1.82) is 0 Å². The van der Waals surface area contributed by atoms with Gasteiger partial charge in [0.15, 0.2) is 0 Å². The van der Waals surface area contributed by atoms with Crippen LogP contribution in [0.2, 0.25) is 17.6 Å². The topological polar surface area (TPSA) is 20.2 Å². The van der Waals surface area contributed by atoms with E-state index in [1.807, 2.05) is 0 Å². The second kappa shape index (κ2) is 12.0. The quantitative estimate of drug-likeness (QED) is 0.299.